The van der Waals surface area contributed by atoms with Gasteiger partial charge in [-0.3, -0.25) is 4.79 Å². The molecule has 1 aliphatic heterocycles. The largest absolute Gasteiger partial charge is 0.486 e. The molecule has 1 aliphatic rings. The third-order valence-corrected chi connectivity index (χ3v) is 4.31. The molecule has 0 aromatic heterocycles. The number of fused-ring (bicyclic) bond motifs is 1. The fourth-order valence-corrected chi connectivity index (χ4v) is 2.77. The van der Waals surface area contributed by atoms with Crippen molar-refractivity contribution in [3.8, 4) is 17.2 Å². The highest BCUT2D eigenvalue weighted by atomic mass is 79.9. The molecule has 0 saturated carbocycles. The van der Waals surface area contributed by atoms with Gasteiger partial charge in [-0.1, -0.05) is 24.3 Å². The van der Waals surface area contributed by atoms with Crippen molar-refractivity contribution in [3.63, 3.8) is 0 Å². The maximum atomic E-state index is 12.2. The highest BCUT2D eigenvalue weighted by Crippen LogP contribution is 2.31. The van der Waals surface area contributed by atoms with Crippen molar-refractivity contribution < 1.29 is 19.0 Å². The summed E-state index contributed by atoms with van der Waals surface area (Å²) in [7, 11) is 1.73. The van der Waals surface area contributed by atoms with Crippen molar-refractivity contribution >= 4 is 21.8 Å². The molecule has 0 radical (unpaired) electrons. The van der Waals surface area contributed by atoms with E-state index < -0.39 is 0 Å². The first-order valence-corrected chi connectivity index (χ1v) is 8.42. The van der Waals surface area contributed by atoms with Crippen LogP contribution < -0.4 is 14.2 Å². The van der Waals surface area contributed by atoms with Crippen LogP contribution >= 0.6 is 15.9 Å². The second-order valence-corrected chi connectivity index (χ2v) is 6.35. The molecular weight excluding hydrogens is 374 g/mol. The lowest BCUT2D eigenvalue weighted by atomic mass is 10.2. The molecule has 0 saturated heterocycles. The van der Waals surface area contributed by atoms with Crippen molar-refractivity contribution in [1.82, 2.24) is 4.90 Å². The number of likely N-dealkylation sites (N-methyl/N-ethyl adjacent to an activating group) is 1. The van der Waals surface area contributed by atoms with Gasteiger partial charge in [0.05, 0.1) is 11.0 Å². The molecule has 0 N–H and O–H groups in total. The van der Waals surface area contributed by atoms with E-state index in [2.05, 4.69) is 15.9 Å². The quantitative estimate of drug-likeness (QED) is 0.785. The molecule has 0 spiro atoms. The number of ether oxygens (including phenoxy) is 3. The minimum Gasteiger partial charge on any atom is -0.486 e. The Morgan fingerprint density at radius 2 is 1.92 bits per heavy atom. The summed E-state index contributed by atoms with van der Waals surface area (Å²) in [6, 6.07) is 15.0. The Morgan fingerprint density at radius 1 is 1.21 bits per heavy atom. The lowest BCUT2D eigenvalue weighted by molar-refractivity contribution is -0.133. The molecule has 6 heteroatoms. The van der Waals surface area contributed by atoms with Crippen molar-refractivity contribution in [2.75, 3.05) is 26.8 Å². The van der Waals surface area contributed by atoms with Crippen LogP contribution in [0.25, 0.3) is 0 Å². The minimum atomic E-state index is -0.197. The number of para-hydroxylation sites is 3. The summed E-state index contributed by atoms with van der Waals surface area (Å²) in [5.41, 5.74) is 0. The van der Waals surface area contributed by atoms with Crippen molar-refractivity contribution in [2.24, 2.45) is 0 Å². The van der Waals surface area contributed by atoms with Crippen molar-refractivity contribution in [3.05, 3.63) is 53.0 Å². The maximum absolute atomic E-state index is 12.2. The van der Waals surface area contributed by atoms with E-state index in [-0.39, 0.29) is 18.6 Å². The molecule has 1 heterocycles. The van der Waals surface area contributed by atoms with Crippen LogP contribution in [0.1, 0.15) is 0 Å². The fourth-order valence-electron chi connectivity index (χ4n) is 2.37. The average Bonchev–Trinajstić information content (AvgIpc) is 2.60. The molecule has 0 fully saturated rings. The monoisotopic (exact) mass is 391 g/mol. The van der Waals surface area contributed by atoms with Gasteiger partial charge in [-0.25, -0.2) is 0 Å². The van der Waals surface area contributed by atoms with Crippen LogP contribution in [0.2, 0.25) is 0 Å². The second-order valence-electron chi connectivity index (χ2n) is 5.49. The van der Waals surface area contributed by atoms with E-state index in [0.717, 1.165) is 10.2 Å². The van der Waals surface area contributed by atoms with Crippen LogP contribution in [-0.2, 0) is 4.79 Å². The molecule has 5 nitrogen and oxygen atoms in total. The molecule has 1 atom stereocenters. The number of nitrogens with zero attached hydrogens (tertiary/aromatic N) is 1. The normalized spacial score (nSPS) is 15.7. The van der Waals surface area contributed by atoms with Gasteiger partial charge in [-0.15, -0.1) is 0 Å². The van der Waals surface area contributed by atoms with Gasteiger partial charge in [0.25, 0.3) is 5.91 Å². The topological polar surface area (TPSA) is 48.0 Å². The van der Waals surface area contributed by atoms with E-state index in [0.29, 0.717) is 24.7 Å². The summed E-state index contributed by atoms with van der Waals surface area (Å²) in [5, 5.41) is 0. The maximum Gasteiger partial charge on any atom is 0.260 e. The van der Waals surface area contributed by atoms with Gasteiger partial charge in [-0.05, 0) is 40.2 Å². The number of benzene rings is 2. The molecule has 3 rings (SSSR count). The molecule has 1 amide bonds. The molecular formula is C18H18BrNO4. The van der Waals surface area contributed by atoms with Gasteiger partial charge in [0.2, 0.25) is 0 Å². The van der Waals surface area contributed by atoms with Crippen molar-refractivity contribution in [1.29, 1.82) is 0 Å². The molecule has 24 heavy (non-hydrogen) atoms. The Bertz CT molecular complexity index is 722. The molecule has 2 aromatic rings. The first-order valence-electron chi connectivity index (χ1n) is 7.63. The summed E-state index contributed by atoms with van der Waals surface area (Å²) in [6.45, 7) is 0.829. The predicted octanol–water partition coefficient (Wildman–Crippen LogP) is 3.13. The Morgan fingerprint density at radius 3 is 2.71 bits per heavy atom. The van der Waals surface area contributed by atoms with E-state index in [4.69, 9.17) is 14.2 Å². The molecule has 2 aromatic carbocycles. The van der Waals surface area contributed by atoms with E-state index >= 15 is 0 Å². The Labute approximate surface area is 149 Å². The van der Waals surface area contributed by atoms with Gasteiger partial charge in [0.1, 0.15) is 12.4 Å². The second kappa shape index (κ2) is 7.57. The highest BCUT2D eigenvalue weighted by molar-refractivity contribution is 9.10. The minimum absolute atomic E-state index is 0.0245. The van der Waals surface area contributed by atoms with E-state index in [9.17, 15) is 4.79 Å². The zero-order valence-corrected chi connectivity index (χ0v) is 14.9. The van der Waals surface area contributed by atoms with E-state index in [1.54, 1.807) is 11.9 Å². The van der Waals surface area contributed by atoms with Crippen molar-refractivity contribution in [2.45, 2.75) is 6.10 Å². The van der Waals surface area contributed by atoms with Gasteiger partial charge in [0.15, 0.2) is 24.2 Å². The number of hydrogen-bond donors (Lipinski definition) is 0. The molecule has 0 bridgehead atoms. The zero-order valence-electron chi connectivity index (χ0n) is 13.3. The zero-order chi connectivity index (χ0) is 16.9. The number of hydrogen-bond acceptors (Lipinski definition) is 4. The van der Waals surface area contributed by atoms with Crippen LogP contribution in [-0.4, -0.2) is 43.7 Å². The van der Waals surface area contributed by atoms with E-state index in [1.807, 2.05) is 48.5 Å². The summed E-state index contributed by atoms with van der Waals surface area (Å²) in [6.07, 6.45) is -0.197. The number of rotatable bonds is 5. The summed E-state index contributed by atoms with van der Waals surface area (Å²) < 4.78 is 17.9. The first-order chi connectivity index (χ1) is 11.6. The SMILES string of the molecule is CN(CC1COc2ccccc2O1)C(=O)COc1ccccc1Br. The van der Waals surface area contributed by atoms with Crippen LogP contribution in [0.5, 0.6) is 17.2 Å². The summed E-state index contributed by atoms with van der Waals surface area (Å²) in [5.74, 6) is 1.97. The summed E-state index contributed by atoms with van der Waals surface area (Å²) >= 11 is 3.39. The Hall–Kier alpha value is -2.21. The average molecular weight is 392 g/mol. The molecule has 0 aliphatic carbocycles. The standard InChI is InChI=1S/C18H18BrNO4/c1-20(18(21)12-23-15-7-3-2-6-14(15)19)10-13-11-22-16-8-4-5-9-17(16)24-13/h2-9,13H,10-12H2,1H3. The van der Waals surface area contributed by atoms with Gasteiger partial charge in [0, 0.05) is 7.05 Å². The first kappa shape index (κ1) is 16.6. The van der Waals surface area contributed by atoms with Crippen LogP contribution in [0.15, 0.2) is 53.0 Å². The molecule has 1 unspecified atom stereocenters. The van der Waals surface area contributed by atoms with Crippen LogP contribution in [0.3, 0.4) is 0 Å². The molecule has 126 valence electrons. The van der Waals surface area contributed by atoms with Crippen LogP contribution in [0, 0.1) is 0 Å². The summed E-state index contributed by atoms with van der Waals surface area (Å²) in [4.78, 5) is 13.8. The van der Waals surface area contributed by atoms with Gasteiger partial charge < -0.3 is 19.1 Å². The number of carbonyl (C=O) groups excluding carboxylic acids is 1. The van der Waals surface area contributed by atoms with E-state index in [1.165, 1.54) is 0 Å². The smallest absolute Gasteiger partial charge is 0.260 e. The predicted molar refractivity (Wildman–Crippen MR) is 93.6 cm³/mol. The highest BCUT2D eigenvalue weighted by Gasteiger charge is 2.23. The van der Waals surface area contributed by atoms with Gasteiger partial charge >= 0.3 is 0 Å². The van der Waals surface area contributed by atoms with Crippen LogP contribution in [0.4, 0.5) is 0 Å². The number of amides is 1. The number of halogens is 1. The Balaban J connectivity index is 1.51. The third-order valence-electron chi connectivity index (χ3n) is 3.66. The lowest BCUT2D eigenvalue weighted by Gasteiger charge is -2.29. The number of carbonyl (C=O) groups is 1. The third kappa shape index (κ3) is 4.00. The van der Waals surface area contributed by atoms with Gasteiger partial charge in [-0.2, -0.15) is 0 Å². The lowest BCUT2D eigenvalue weighted by Crippen LogP contribution is -2.43. The Kier molecular flexibility index (Phi) is 5.25. The fraction of sp³-hybridized carbons (Fsp3) is 0.278.